The average Bonchev–Trinajstić information content (AvgIpc) is 2.76. The average molecular weight is 390 g/mol. The van der Waals surface area contributed by atoms with E-state index in [9.17, 15) is 4.79 Å². The van der Waals surface area contributed by atoms with Gasteiger partial charge in [-0.25, -0.2) is 9.97 Å². The summed E-state index contributed by atoms with van der Waals surface area (Å²) in [7, 11) is 0. The molecule has 150 valence electrons. The first-order valence-electron chi connectivity index (χ1n) is 9.72. The van der Waals surface area contributed by atoms with Crippen molar-refractivity contribution < 1.29 is 4.79 Å². The number of nitrogens with zero attached hydrogens (tertiary/aromatic N) is 4. The molecule has 2 aromatic heterocycles. The largest absolute Gasteiger partial charge is 0.372 e. The van der Waals surface area contributed by atoms with E-state index in [1.54, 1.807) is 18.6 Å². The van der Waals surface area contributed by atoms with Crippen LogP contribution in [0.3, 0.4) is 0 Å². The van der Waals surface area contributed by atoms with Crippen LogP contribution in [0.1, 0.15) is 35.5 Å². The molecule has 0 saturated carbocycles. The molecule has 3 rings (SSSR count). The molecule has 0 saturated heterocycles. The molecule has 0 fully saturated rings. The lowest BCUT2D eigenvalue weighted by Crippen LogP contribution is -2.24. The number of hydrogen-bond donors (Lipinski definition) is 2. The quantitative estimate of drug-likeness (QED) is 0.610. The highest BCUT2D eigenvalue weighted by Gasteiger charge is 2.09. The molecule has 29 heavy (non-hydrogen) atoms. The predicted molar refractivity (Wildman–Crippen MR) is 115 cm³/mol. The Bertz CT molecular complexity index is 939. The first-order valence-corrected chi connectivity index (χ1v) is 9.72. The molecule has 7 heteroatoms. The van der Waals surface area contributed by atoms with Gasteiger partial charge in [0, 0.05) is 43.4 Å². The van der Waals surface area contributed by atoms with Crippen LogP contribution in [0, 0.1) is 6.92 Å². The normalized spacial score (nSPS) is 10.4. The van der Waals surface area contributed by atoms with Crippen LogP contribution in [0.25, 0.3) is 0 Å². The number of benzene rings is 1. The third-order valence-electron chi connectivity index (χ3n) is 4.69. The second-order valence-corrected chi connectivity index (χ2v) is 6.62. The Kier molecular flexibility index (Phi) is 6.73. The predicted octanol–water partition coefficient (Wildman–Crippen LogP) is 3.70. The van der Waals surface area contributed by atoms with Crippen molar-refractivity contribution in [3.05, 3.63) is 71.9 Å². The zero-order valence-corrected chi connectivity index (χ0v) is 17.0. The summed E-state index contributed by atoms with van der Waals surface area (Å²) in [6, 6.07) is 10.0. The number of hydrogen-bond acceptors (Lipinski definition) is 6. The van der Waals surface area contributed by atoms with Crippen LogP contribution in [0.5, 0.6) is 0 Å². The Labute approximate surface area is 171 Å². The molecule has 7 nitrogen and oxygen atoms in total. The molecule has 2 heterocycles. The van der Waals surface area contributed by atoms with E-state index in [-0.39, 0.29) is 11.6 Å². The first kappa shape index (κ1) is 20.3. The minimum Gasteiger partial charge on any atom is -0.372 e. The summed E-state index contributed by atoms with van der Waals surface area (Å²) in [6.07, 6.45) is 6.43. The highest BCUT2D eigenvalue weighted by atomic mass is 16.1. The molecule has 0 bridgehead atoms. The number of rotatable bonds is 8. The van der Waals surface area contributed by atoms with Crippen LogP contribution in [0.15, 0.2) is 55.1 Å². The number of pyridine rings is 1. The molecule has 0 aliphatic carbocycles. The van der Waals surface area contributed by atoms with Gasteiger partial charge in [-0.05, 0) is 62.2 Å². The number of carbonyl (C=O) groups excluding carboxylic acids is 1. The van der Waals surface area contributed by atoms with Crippen molar-refractivity contribution in [3.8, 4) is 0 Å². The van der Waals surface area contributed by atoms with Crippen molar-refractivity contribution in [3.63, 3.8) is 0 Å². The molecular weight excluding hydrogens is 364 g/mol. The van der Waals surface area contributed by atoms with Gasteiger partial charge in [0.15, 0.2) is 0 Å². The smallest absolute Gasteiger partial charge is 0.271 e. The number of carbonyl (C=O) groups is 1. The van der Waals surface area contributed by atoms with Crippen molar-refractivity contribution in [2.24, 2.45) is 0 Å². The summed E-state index contributed by atoms with van der Waals surface area (Å²) in [4.78, 5) is 27.1. The Balaban J connectivity index is 1.62. The fourth-order valence-electron chi connectivity index (χ4n) is 2.99. The maximum Gasteiger partial charge on any atom is 0.271 e. The molecular formula is C22H26N6O. The van der Waals surface area contributed by atoms with Crippen LogP contribution in [0.2, 0.25) is 0 Å². The topological polar surface area (TPSA) is 83.0 Å². The molecule has 1 amide bonds. The van der Waals surface area contributed by atoms with Gasteiger partial charge in [0.1, 0.15) is 11.5 Å². The van der Waals surface area contributed by atoms with Gasteiger partial charge in [0.25, 0.3) is 5.91 Å². The number of aryl methyl sites for hydroxylation is 1. The second kappa shape index (κ2) is 9.64. The van der Waals surface area contributed by atoms with Gasteiger partial charge < -0.3 is 15.5 Å². The fourth-order valence-corrected chi connectivity index (χ4v) is 2.99. The summed E-state index contributed by atoms with van der Waals surface area (Å²) in [5.41, 5.74) is 4.53. The Morgan fingerprint density at radius 1 is 1.03 bits per heavy atom. The van der Waals surface area contributed by atoms with Gasteiger partial charge in [-0.3, -0.25) is 9.78 Å². The van der Waals surface area contributed by atoms with Crippen LogP contribution in [-0.2, 0) is 6.54 Å². The van der Waals surface area contributed by atoms with E-state index in [2.05, 4.69) is 63.4 Å². The van der Waals surface area contributed by atoms with E-state index in [0.717, 1.165) is 29.9 Å². The fraction of sp³-hybridized carbons (Fsp3) is 0.273. The second-order valence-electron chi connectivity index (χ2n) is 6.62. The van der Waals surface area contributed by atoms with E-state index in [4.69, 9.17) is 0 Å². The summed E-state index contributed by atoms with van der Waals surface area (Å²) in [6.45, 7) is 8.72. The highest BCUT2D eigenvalue weighted by Crippen LogP contribution is 2.24. The highest BCUT2D eigenvalue weighted by molar-refractivity contribution is 5.92. The van der Waals surface area contributed by atoms with Gasteiger partial charge in [0.2, 0.25) is 0 Å². The number of anilines is 3. The number of nitrogens with one attached hydrogen (secondary N) is 2. The molecule has 3 aromatic rings. The Morgan fingerprint density at radius 2 is 1.79 bits per heavy atom. The van der Waals surface area contributed by atoms with E-state index in [1.165, 1.54) is 11.9 Å². The SMILES string of the molecule is CCN(CC)c1ccc(Nc2cnc(C(=O)NCc3ccncc3)cn2)c(C)c1. The lowest BCUT2D eigenvalue weighted by atomic mass is 10.1. The molecule has 0 radical (unpaired) electrons. The Hall–Kier alpha value is -3.48. The van der Waals surface area contributed by atoms with E-state index in [0.29, 0.717) is 12.4 Å². The summed E-state index contributed by atoms with van der Waals surface area (Å²) >= 11 is 0. The van der Waals surface area contributed by atoms with E-state index >= 15 is 0 Å². The molecule has 0 aliphatic rings. The van der Waals surface area contributed by atoms with Crippen LogP contribution in [0.4, 0.5) is 17.2 Å². The number of aromatic nitrogens is 3. The van der Waals surface area contributed by atoms with Crippen molar-refractivity contribution in [2.45, 2.75) is 27.3 Å². The molecule has 2 N–H and O–H groups in total. The van der Waals surface area contributed by atoms with Gasteiger partial charge >= 0.3 is 0 Å². The van der Waals surface area contributed by atoms with Crippen molar-refractivity contribution >= 4 is 23.1 Å². The molecule has 0 aliphatic heterocycles. The third kappa shape index (κ3) is 5.28. The van der Waals surface area contributed by atoms with Gasteiger partial charge in [-0.2, -0.15) is 0 Å². The summed E-state index contributed by atoms with van der Waals surface area (Å²) in [5.74, 6) is 0.329. The van der Waals surface area contributed by atoms with Gasteiger partial charge in [-0.1, -0.05) is 0 Å². The zero-order valence-electron chi connectivity index (χ0n) is 17.0. The summed E-state index contributed by atoms with van der Waals surface area (Å²) in [5, 5.41) is 6.09. The summed E-state index contributed by atoms with van der Waals surface area (Å²) < 4.78 is 0. The van der Waals surface area contributed by atoms with Crippen LogP contribution in [-0.4, -0.2) is 33.9 Å². The van der Waals surface area contributed by atoms with Crippen molar-refractivity contribution in [2.75, 3.05) is 23.3 Å². The molecule has 0 unspecified atom stereocenters. The number of amides is 1. The van der Waals surface area contributed by atoms with E-state index in [1.807, 2.05) is 18.2 Å². The standard InChI is InChI=1S/C22H26N6O/c1-4-28(5-2)18-6-7-19(16(3)12-18)27-21-15-24-20(14-25-21)22(29)26-13-17-8-10-23-11-9-17/h6-12,14-15H,4-5,13H2,1-3H3,(H,25,27)(H,26,29). The van der Waals surface area contributed by atoms with Crippen molar-refractivity contribution in [1.82, 2.24) is 20.3 Å². The van der Waals surface area contributed by atoms with Crippen LogP contribution >= 0.6 is 0 Å². The minimum absolute atomic E-state index is 0.263. The third-order valence-corrected chi connectivity index (χ3v) is 4.69. The lowest BCUT2D eigenvalue weighted by Gasteiger charge is -2.22. The molecule has 1 aromatic carbocycles. The zero-order chi connectivity index (χ0) is 20.6. The van der Waals surface area contributed by atoms with Gasteiger partial charge in [0.05, 0.1) is 12.4 Å². The first-order chi connectivity index (χ1) is 14.1. The minimum atomic E-state index is -0.263. The molecule has 0 atom stereocenters. The van der Waals surface area contributed by atoms with Crippen LogP contribution < -0.4 is 15.5 Å². The lowest BCUT2D eigenvalue weighted by molar-refractivity contribution is 0.0945. The van der Waals surface area contributed by atoms with E-state index < -0.39 is 0 Å². The maximum absolute atomic E-state index is 12.2. The molecule has 0 spiro atoms. The van der Waals surface area contributed by atoms with Crippen molar-refractivity contribution in [1.29, 1.82) is 0 Å². The monoisotopic (exact) mass is 390 g/mol. The van der Waals surface area contributed by atoms with Gasteiger partial charge in [-0.15, -0.1) is 0 Å². The maximum atomic E-state index is 12.2. The Morgan fingerprint density at radius 3 is 2.41 bits per heavy atom.